The number of carbonyl (C=O) groups excluding carboxylic acids is 1. The molecular weight excluding hydrogens is 349 g/mol. The molecule has 1 atom stereocenters. The van der Waals surface area contributed by atoms with E-state index in [2.05, 4.69) is 15.5 Å². The van der Waals surface area contributed by atoms with Gasteiger partial charge in [-0.15, -0.1) is 10.2 Å². The molecule has 0 aliphatic carbocycles. The van der Waals surface area contributed by atoms with Crippen LogP contribution in [0.15, 0.2) is 22.5 Å². The van der Waals surface area contributed by atoms with Gasteiger partial charge in [-0.3, -0.25) is 4.79 Å². The summed E-state index contributed by atoms with van der Waals surface area (Å²) in [4.78, 5) is 12.3. The van der Waals surface area contributed by atoms with Gasteiger partial charge in [-0.1, -0.05) is 59.3 Å². The molecular formula is C13H13Cl2N3OS2. The fraction of sp³-hybridized carbons (Fsp3) is 0.308. The minimum absolute atomic E-state index is 0.125. The average molecular weight is 362 g/mol. The molecule has 1 heterocycles. The van der Waals surface area contributed by atoms with E-state index < -0.39 is 0 Å². The van der Waals surface area contributed by atoms with Crippen molar-refractivity contribution in [1.29, 1.82) is 0 Å². The van der Waals surface area contributed by atoms with Crippen LogP contribution in [-0.2, 0) is 4.79 Å². The molecule has 0 aliphatic rings. The number of rotatable bonds is 5. The number of anilines is 1. The molecule has 1 amide bonds. The Morgan fingerprint density at radius 3 is 2.81 bits per heavy atom. The summed E-state index contributed by atoms with van der Waals surface area (Å²) in [6, 6.07) is 5.14. The number of nitrogens with zero attached hydrogens (tertiary/aromatic N) is 2. The molecule has 1 aromatic heterocycles. The zero-order valence-electron chi connectivity index (χ0n) is 11.4. The number of hydrogen-bond acceptors (Lipinski definition) is 5. The number of aromatic nitrogens is 2. The molecule has 8 heteroatoms. The van der Waals surface area contributed by atoms with Crippen molar-refractivity contribution < 1.29 is 4.79 Å². The lowest BCUT2D eigenvalue weighted by molar-refractivity contribution is -0.115. The highest BCUT2D eigenvalue weighted by atomic mass is 35.5. The summed E-state index contributed by atoms with van der Waals surface area (Å²) in [5.41, 5.74) is 0.515. The number of hydrogen-bond donors (Lipinski definition) is 1. The van der Waals surface area contributed by atoms with Gasteiger partial charge in [0.25, 0.3) is 0 Å². The van der Waals surface area contributed by atoms with Crippen molar-refractivity contribution >= 4 is 57.9 Å². The van der Waals surface area contributed by atoms with Gasteiger partial charge in [0, 0.05) is 0 Å². The van der Waals surface area contributed by atoms with Crippen LogP contribution in [0.3, 0.4) is 0 Å². The number of carbonyl (C=O) groups is 1. The topological polar surface area (TPSA) is 54.9 Å². The maximum absolute atomic E-state index is 12.3. The molecule has 0 spiro atoms. The smallest absolute Gasteiger partial charge is 0.237 e. The standard InChI is InChI=1S/C13H13Cl2N3OS2/c1-3-10(21-13-18-17-7(2)20-13)12(19)16-9-6-4-5-8(14)11(9)15/h4-6,10H,3H2,1-2H3,(H,16,19). The van der Waals surface area contributed by atoms with Crippen LogP contribution < -0.4 is 5.32 Å². The highest BCUT2D eigenvalue weighted by Crippen LogP contribution is 2.32. The van der Waals surface area contributed by atoms with Crippen LogP contribution in [0.4, 0.5) is 5.69 Å². The molecule has 0 fully saturated rings. The second-order valence-corrected chi connectivity index (χ2v) is 7.61. The fourth-order valence-corrected chi connectivity index (χ4v) is 3.91. The summed E-state index contributed by atoms with van der Waals surface area (Å²) in [6.45, 7) is 3.83. The average Bonchev–Trinajstić information content (AvgIpc) is 2.86. The molecule has 0 bridgehead atoms. The van der Waals surface area contributed by atoms with Crippen LogP contribution in [0.5, 0.6) is 0 Å². The van der Waals surface area contributed by atoms with Gasteiger partial charge >= 0.3 is 0 Å². The summed E-state index contributed by atoms with van der Waals surface area (Å²) >= 11 is 14.9. The lowest BCUT2D eigenvalue weighted by atomic mass is 10.2. The molecule has 1 unspecified atom stereocenters. The van der Waals surface area contributed by atoms with Crippen LogP contribution in [0.25, 0.3) is 0 Å². The zero-order chi connectivity index (χ0) is 15.4. The van der Waals surface area contributed by atoms with Gasteiger partial charge in [-0.05, 0) is 25.5 Å². The van der Waals surface area contributed by atoms with E-state index in [0.29, 0.717) is 22.2 Å². The van der Waals surface area contributed by atoms with Crippen molar-refractivity contribution in [1.82, 2.24) is 10.2 Å². The Balaban J connectivity index is 2.08. The van der Waals surface area contributed by atoms with E-state index >= 15 is 0 Å². The second kappa shape index (κ2) is 7.45. The monoisotopic (exact) mass is 361 g/mol. The van der Waals surface area contributed by atoms with E-state index in [4.69, 9.17) is 23.2 Å². The lowest BCUT2D eigenvalue weighted by Crippen LogP contribution is -2.24. The number of aryl methyl sites for hydroxylation is 1. The molecule has 112 valence electrons. The molecule has 0 saturated carbocycles. The molecule has 2 aromatic rings. The van der Waals surface area contributed by atoms with Gasteiger partial charge in [0.2, 0.25) is 5.91 Å². The van der Waals surface area contributed by atoms with Crippen molar-refractivity contribution in [3.63, 3.8) is 0 Å². The van der Waals surface area contributed by atoms with Crippen LogP contribution in [0.2, 0.25) is 10.0 Å². The number of amides is 1. The number of nitrogens with one attached hydrogen (secondary N) is 1. The predicted molar refractivity (Wildman–Crippen MR) is 89.7 cm³/mol. The highest BCUT2D eigenvalue weighted by molar-refractivity contribution is 8.02. The minimum atomic E-state index is -0.257. The van der Waals surface area contributed by atoms with E-state index in [0.717, 1.165) is 9.35 Å². The van der Waals surface area contributed by atoms with Crippen LogP contribution in [-0.4, -0.2) is 21.4 Å². The third kappa shape index (κ3) is 4.32. The van der Waals surface area contributed by atoms with Gasteiger partial charge in [0.05, 0.1) is 21.0 Å². The minimum Gasteiger partial charge on any atom is -0.324 e. The largest absolute Gasteiger partial charge is 0.324 e. The summed E-state index contributed by atoms with van der Waals surface area (Å²) in [5.74, 6) is -0.125. The van der Waals surface area contributed by atoms with E-state index in [1.807, 2.05) is 13.8 Å². The molecule has 2 rings (SSSR count). The summed E-state index contributed by atoms with van der Waals surface area (Å²) in [5, 5.41) is 12.2. The van der Waals surface area contributed by atoms with E-state index in [1.165, 1.54) is 23.1 Å². The highest BCUT2D eigenvalue weighted by Gasteiger charge is 2.21. The van der Waals surface area contributed by atoms with E-state index in [1.54, 1.807) is 18.2 Å². The van der Waals surface area contributed by atoms with Crippen molar-refractivity contribution in [2.24, 2.45) is 0 Å². The Morgan fingerprint density at radius 1 is 1.43 bits per heavy atom. The summed E-state index contributed by atoms with van der Waals surface area (Å²) < 4.78 is 0.784. The lowest BCUT2D eigenvalue weighted by Gasteiger charge is -2.14. The summed E-state index contributed by atoms with van der Waals surface area (Å²) in [7, 11) is 0. The van der Waals surface area contributed by atoms with E-state index in [9.17, 15) is 4.79 Å². The molecule has 21 heavy (non-hydrogen) atoms. The van der Waals surface area contributed by atoms with Crippen molar-refractivity contribution in [3.05, 3.63) is 33.3 Å². The van der Waals surface area contributed by atoms with Crippen molar-refractivity contribution in [2.45, 2.75) is 29.9 Å². The first kappa shape index (κ1) is 16.5. The van der Waals surface area contributed by atoms with Crippen LogP contribution in [0.1, 0.15) is 18.4 Å². The number of benzene rings is 1. The number of thioether (sulfide) groups is 1. The van der Waals surface area contributed by atoms with Crippen LogP contribution >= 0.6 is 46.3 Å². The SMILES string of the molecule is CCC(Sc1nnc(C)s1)C(=O)Nc1cccc(Cl)c1Cl. The van der Waals surface area contributed by atoms with Crippen molar-refractivity contribution in [3.8, 4) is 0 Å². The molecule has 4 nitrogen and oxygen atoms in total. The van der Waals surface area contributed by atoms with Gasteiger partial charge in [0.1, 0.15) is 5.01 Å². The Labute approximate surface area is 141 Å². The molecule has 0 aliphatic heterocycles. The van der Waals surface area contributed by atoms with Gasteiger partial charge in [-0.25, -0.2) is 0 Å². The van der Waals surface area contributed by atoms with Crippen molar-refractivity contribution in [2.75, 3.05) is 5.32 Å². The third-order valence-corrected chi connectivity index (χ3v) is 5.73. The number of halogens is 2. The van der Waals surface area contributed by atoms with Gasteiger partial charge < -0.3 is 5.32 Å². The van der Waals surface area contributed by atoms with Gasteiger partial charge in [-0.2, -0.15) is 0 Å². The fourth-order valence-electron chi connectivity index (χ4n) is 1.58. The van der Waals surface area contributed by atoms with E-state index in [-0.39, 0.29) is 11.2 Å². The van der Waals surface area contributed by atoms with Gasteiger partial charge in [0.15, 0.2) is 4.34 Å². The normalized spacial score (nSPS) is 12.2. The maximum Gasteiger partial charge on any atom is 0.237 e. The Hall–Kier alpha value is -0.820. The Bertz CT molecular complexity index is 648. The second-order valence-electron chi connectivity index (χ2n) is 4.19. The first-order valence-electron chi connectivity index (χ1n) is 6.23. The first-order chi connectivity index (χ1) is 10.0. The maximum atomic E-state index is 12.3. The Morgan fingerprint density at radius 2 is 2.19 bits per heavy atom. The first-order valence-corrected chi connectivity index (χ1v) is 8.68. The predicted octanol–water partition coefficient (Wildman–Crippen LogP) is 4.66. The quantitative estimate of drug-likeness (QED) is 0.786. The molecule has 1 aromatic carbocycles. The zero-order valence-corrected chi connectivity index (χ0v) is 14.5. The molecule has 0 saturated heterocycles. The molecule has 0 radical (unpaired) electrons. The third-order valence-electron chi connectivity index (χ3n) is 2.62. The summed E-state index contributed by atoms with van der Waals surface area (Å²) in [6.07, 6.45) is 0.674. The molecule has 1 N–H and O–H groups in total. The Kier molecular flexibility index (Phi) is 5.87. The van der Waals surface area contributed by atoms with Crippen LogP contribution in [0, 0.1) is 6.92 Å².